The molecule has 1 aliphatic carbocycles. The van der Waals surface area contributed by atoms with Crippen molar-refractivity contribution in [1.82, 2.24) is 29.1 Å². The zero-order valence-electron chi connectivity index (χ0n) is 16.7. The topological polar surface area (TPSA) is 72.9 Å². The van der Waals surface area contributed by atoms with Crippen molar-refractivity contribution in [2.75, 3.05) is 5.32 Å². The second-order valence-electron chi connectivity index (χ2n) is 7.82. The van der Waals surface area contributed by atoms with E-state index in [1.807, 2.05) is 24.4 Å². The maximum atomic E-state index is 13.0. The molecule has 1 fully saturated rings. The van der Waals surface area contributed by atoms with Crippen LogP contribution in [0, 0.1) is 6.92 Å². The van der Waals surface area contributed by atoms with E-state index in [9.17, 15) is 8.78 Å². The lowest BCUT2D eigenvalue weighted by molar-refractivity contribution is 0.127. The highest BCUT2D eigenvalue weighted by atomic mass is 19.3. The maximum absolute atomic E-state index is 13.0. The van der Waals surface area contributed by atoms with Gasteiger partial charge in [-0.2, -0.15) is 0 Å². The summed E-state index contributed by atoms with van der Waals surface area (Å²) in [6.45, 7) is 1.29. The number of hydrogen-bond acceptors (Lipinski definition) is 5. The quantitative estimate of drug-likeness (QED) is 0.525. The Morgan fingerprint density at radius 1 is 1.13 bits per heavy atom. The average Bonchev–Trinajstić information content (AvgIpc) is 3.29. The summed E-state index contributed by atoms with van der Waals surface area (Å²) in [5, 5.41) is 8.02. The molecule has 4 aromatic rings. The number of aryl methyl sites for hydroxylation is 1. The number of halogens is 2. The number of aromatic nitrogens is 6. The van der Waals surface area contributed by atoms with Gasteiger partial charge in [0, 0.05) is 17.8 Å². The number of imidazole rings is 1. The molecule has 1 N–H and O–H groups in total. The first-order chi connectivity index (χ1) is 14.6. The summed E-state index contributed by atoms with van der Waals surface area (Å²) < 4.78 is 29.2. The van der Waals surface area contributed by atoms with Crippen molar-refractivity contribution >= 4 is 22.6 Å². The fourth-order valence-electron chi connectivity index (χ4n) is 4.23. The number of nitrogens with zero attached hydrogens (tertiary/aromatic N) is 6. The Morgan fingerprint density at radius 2 is 1.97 bits per heavy atom. The van der Waals surface area contributed by atoms with Crippen molar-refractivity contribution in [3.8, 4) is 11.3 Å². The lowest BCUT2D eigenvalue weighted by atomic mass is 9.96. The third kappa shape index (κ3) is 3.48. The van der Waals surface area contributed by atoms with E-state index in [0.717, 1.165) is 23.9 Å². The number of rotatable bonds is 5. The van der Waals surface area contributed by atoms with E-state index in [0.29, 0.717) is 34.7 Å². The van der Waals surface area contributed by atoms with Crippen LogP contribution in [0.4, 0.5) is 14.7 Å². The van der Waals surface area contributed by atoms with Crippen molar-refractivity contribution < 1.29 is 8.78 Å². The fourth-order valence-corrected chi connectivity index (χ4v) is 4.23. The molecule has 1 aliphatic rings. The molecule has 0 unspecified atom stereocenters. The molecule has 0 atom stereocenters. The molecule has 0 radical (unpaired) electrons. The number of pyridine rings is 1. The molecule has 4 aromatic heterocycles. The molecule has 0 amide bonds. The number of alkyl halides is 2. The standard InChI is InChI=1S/C21H23F2N7/c1-13-25-17-8-7-16(27-20(17)29(13)12-19(22)23)15-9-10-30-18(15)11-24-21(28-30)26-14-5-3-2-4-6-14/h7-11,14,19H,2-6,12H2,1H3,(H,26,28). The molecule has 4 heterocycles. The van der Waals surface area contributed by atoms with E-state index < -0.39 is 13.0 Å². The van der Waals surface area contributed by atoms with Crippen molar-refractivity contribution in [3.05, 3.63) is 36.4 Å². The molecule has 30 heavy (non-hydrogen) atoms. The average molecular weight is 411 g/mol. The summed E-state index contributed by atoms with van der Waals surface area (Å²) in [5.74, 6) is 1.14. The summed E-state index contributed by atoms with van der Waals surface area (Å²) >= 11 is 0. The molecule has 0 spiro atoms. The van der Waals surface area contributed by atoms with Crippen LogP contribution in [0.2, 0.25) is 0 Å². The summed E-state index contributed by atoms with van der Waals surface area (Å²) in [5.41, 5.74) is 3.41. The maximum Gasteiger partial charge on any atom is 0.256 e. The van der Waals surface area contributed by atoms with Gasteiger partial charge in [0.2, 0.25) is 5.95 Å². The minimum absolute atomic E-state index is 0.422. The Labute approximate surface area is 172 Å². The van der Waals surface area contributed by atoms with Gasteiger partial charge in [-0.05, 0) is 38.0 Å². The van der Waals surface area contributed by atoms with Gasteiger partial charge in [-0.1, -0.05) is 19.3 Å². The van der Waals surface area contributed by atoms with Crippen LogP contribution in [0.5, 0.6) is 0 Å². The van der Waals surface area contributed by atoms with E-state index >= 15 is 0 Å². The summed E-state index contributed by atoms with van der Waals surface area (Å²) in [6, 6.07) is 6.01. The number of fused-ring (bicyclic) bond motifs is 2. The highest BCUT2D eigenvalue weighted by Gasteiger charge is 2.17. The van der Waals surface area contributed by atoms with Gasteiger partial charge in [0.05, 0.1) is 24.0 Å². The van der Waals surface area contributed by atoms with Crippen molar-refractivity contribution in [2.24, 2.45) is 0 Å². The van der Waals surface area contributed by atoms with E-state index in [1.165, 1.54) is 23.8 Å². The zero-order valence-corrected chi connectivity index (χ0v) is 16.7. The second-order valence-corrected chi connectivity index (χ2v) is 7.82. The number of hydrogen-bond donors (Lipinski definition) is 1. The smallest absolute Gasteiger partial charge is 0.256 e. The number of anilines is 1. The van der Waals surface area contributed by atoms with Crippen LogP contribution in [0.3, 0.4) is 0 Å². The van der Waals surface area contributed by atoms with Gasteiger partial charge in [-0.15, -0.1) is 5.10 Å². The normalized spacial score (nSPS) is 15.5. The molecule has 5 rings (SSSR count). The Morgan fingerprint density at radius 3 is 2.77 bits per heavy atom. The van der Waals surface area contributed by atoms with E-state index in [4.69, 9.17) is 0 Å². The molecule has 0 aliphatic heterocycles. The number of nitrogens with one attached hydrogen (secondary N) is 1. The van der Waals surface area contributed by atoms with E-state index in [2.05, 4.69) is 25.4 Å². The van der Waals surface area contributed by atoms with Crippen molar-refractivity contribution in [1.29, 1.82) is 0 Å². The lowest BCUT2D eigenvalue weighted by Gasteiger charge is -2.22. The van der Waals surface area contributed by atoms with Gasteiger partial charge in [0.15, 0.2) is 5.65 Å². The minimum atomic E-state index is -2.47. The van der Waals surface area contributed by atoms with Gasteiger partial charge in [-0.25, -0.2) is 28.2 Å². The van der Waals surface area contributed by atoms with E-state index in [1.54, 1.807) is 17.6 Å². The van der Waals surface area contributed by atoms with Crippen LogP contribution >= 0.6 is 0 Å². The largest absolute Gasteiger partial charge is 0.350 e. The van der Waals surface area contributed by atoms with Crippen LogP contribution in [0.15, 0.2) is 30.6 Å². The predicted octanol–water partition coefficient (Wildman–Crippen LogP) is 4.46. The molecule has 9 heteroatoms. The SMILES string of the molecule is Cc1nc2ccc(-c3ccn4nc(NC5CCCCC5)ncc34)nc2n1CC(F)F. The second kappa shape index (κ2) is 7.62. The first-order valence-electron chi connectivity index (χ1n) is 10.3. The highest BCUT2D eigenvalue weighted by molar-refractivity contribution is 5.82. The van der Waals surface area contributed by atoms with Crippen LogP contribution in [-0.2, 0) is 6.54 Å². The summed E-state index contributed by atoms with van der Waals surface area (Å²) in [6.07, 6.45) is 7.25. The Balaban J connectivity index is 1.49. The third-order valence-corrected chi connectivity index (χ3v) is 5.73. The summed E-state index contributed by atoms with van der Waals surface area (Å²) in [4.78, 5) is 13.5. The molecule has 0 aromatic carbocycles. The van der Waals surface area contributed by atoms with Crippen LogP contribution in [0.1, 0.15) is 37.9 Å². The minimum Gasteiger partial charge on any atom is -0.350 e. The van der Waals surface area contributed by atoms with Crippen LogP contribution in [0.25, 0.3) is 27.9 Å². The third-order valence-electron chi connectivity index (χ3n) is 5.73. The molecule has 7 nitrogen and oxygen atoms in total. The van der Waals surface area contributed by atoms with Gasteiger partial charge in [-0.3, -0.25) is 0 Å². The molecule has 1 saturated carbocycles. The Hall–Kier alpha value is -3.10. The van der Waals surface area contributed by atoms with E-state index in [-0.39, 0.29) is 0 Å². The van der Waals surface area contributed by atoms with Gasteiger partial charge < -0.3 is 9.88 Å². The molecular formula is C21H23F2N7. The monoisotopic (exact) mass is 411 g/mol. The Bertz CT molecular complexity index is 1190. The van der Waals surface area contributed by atoms with Crippen LogP contribution < -0.4 is 5.32 Å². The van der Waals surface area contributed by atoms with Crippen LogP contribution in [-0.4, -0.2) is 41.6 Å². The molecule has 0 bridgehead atoms. The fraction of sp³-hybridized carbons (Fsp3) is 0.429. The van der Waals surface area contributed by atoms with Gasteiger partial charge >= 0.3 is 0 Å². The van der Waals surface area contributed by atoms with Crippen molar-refractivity contribution in [2.45, 2.75) is 58.0 Å². The van der Waals surface area contributed by atoms with Gasteiger partial charge in [0.1, 0.15) is 11.3 Å². The first-order valence-corrected chi connectivity index (χ1v) is 10.3. The Kier molecular flexibility index (Phi) is 4.80. The molecule has 0 saturated heterocycles. The summed E-state index contributed by atoms with van der Waals surface area (Å²) in [7, 11) is 0. The first kappa shape index (κ1) is 18.9. The molecule has 156 valence electrons. The zero-order chi connectivity index (χ0) is 20.7. The van der Waals surface area contributed by atoms with Crippen molar-refractivity contribution in [3.63, 3.8) is 0 Å². The predicted molar refractivity (Wildman–Crippen MR) is 111 cm³/mol. The molecular weight excluding hydrogens is 388 g/mol. The highest BCUT2D eigenvalue weighted by Crippen LogP contribution is 2.27. The lowest BCUT2D eigenvalue weighted by Crippen LogP contribution is -2.23. The van der Waals surface area contributed by atoms with Gasteiger partial charge in [0.25, 0.3) is 6.43 Å².